The Hall–Kier alpha value is -2.82. The molecule has 0 atom stereocenters. The van der Waals surface area contributed by atoms with Crippen LogP contribution in [0.1, 0.15) is 5.56 Å². The monoisotopic (exact) mass is 392 g/mol. The lowest BCUT2D eigenvalue weighted by atomic mass is 10.2. The van der Waals surface area contributed by atoms with Crippen LogP contribution in [0.5, 0.6) is 11.5 Å². The van der Waals surface area contributed by atoms with Crippen molar-refractivity contribution in [2.75, 3.05) is 31.2 Å². The minimum atomic E-state index is 0.588. The van der Waals surface area contributed by atoms with Gasteiger partial charge in [0.05, 0.1) is 23.9 Å². The molecule has 3 aromatic carbocycles. The van der Waals surface area contributed by atoms with E-state index in [4.69, 9.17) is 21.1 Å². The summed E-state index contributed by atoms with van der Waals surface area (Å²) in [5, 5.41) is 0.588. The number of benzene rings is 3. The van der Waals surface area contributed by atoms with Crippen LogP contribution in [0.25, 0.3) is 0 Å². The molecule has 28 heavy (non-hydrogen) atoms. The molecule has 1 saturated heterocycles. The Morgan fingerprint density at radius 1 is 0.893 bits per heavy atom. The van der Waals surface area contributed by atoms with Gasteiger partial charge in [-0.2, -0.15) is 0 Å². The van der Waals surface area contributed by atoms with Crippen LogP contribution in [0.4, 0.5) is 11.4 Å². The average molecular weight is 393 g/mol. The molecule has 3 aromatic rings. The molecule has 0 radical (unpaired) electrons. The largest absolute Gasteiger partial charge is 0.456 e. The Kier molecular flexibility index (Phi) is 5.90. The van der Waals surface area contributed by atoms with Crippen LogP contribution in [0.2, 0.25) is 5.02 Å². The first kappa shape index (κ1) is 18.5. The Balaban J connectivity index is 1.38. The van der Waals surface area contributed by atoms with E-state index in [9.17, 15) is 0 Å². The van der Waals surface area contributed by atoms with Crippen molar-refractivity contribution in [3.05, 3.63) is 83.4 Å². The summed E-state index contributed by atoms with van der Waals surface area (Å²) in [6.07, 6.45) is 1.87. The highest BCUT2D eigenvalue weighted by atomic mass is 35.5. The maximum atomic E-state index is 6.13. The minimum Gasteiger partial charge on any atom is -0.456 e. The molecule has 1 fully saturated rings. The number of ether oxygens (including phenoxy) is 2. The number of morpholine rings is 1. The van der Waals surface area contributed by atoms with E-state index >= 15 is 0 Å². The van der Waals surface area contributed by atoms with Gasteiger partial charge in [0, 0.05) is 25.0 Å². The number of rotatable bonds is 5. The lowest BCUT2D eigenvalue weighted by molar-refractivity contribution is 0.122. The molecule has 0 amide bonds. The number of aliphatic imine (C=N–C) groups is 1. The summed E-state index contributed by atoms with van der Waals surface area (Å²) in [5.74, 6) is 1.36. The van der Waals surface area contributed by atoms with Crippen LogP contribution in [0.3, 0.4) is 0 Å². The topological polar surface area (TPSA) is 34.1 Å². The molecule has 0 aromatic heterocycles. The fraction of sp³-hybridized carbons (Fsp3) is 0.174. The van der Waals surface area contributed by atoms with E-state index in [1.165, 1.54) is 5.69 Å². The van der Waals surface area contributed by atoms with Crippen molar-refractivity contribution in [3.8, 4) is 11.5 Å². The first-order valence-corrected chi connectivity index (χ1v) is 9.65. The maximum Gasteiger partial charge on any atom is 0.146 e. The van der Waals surface area contributed by atoms with Crippen molar-refractivity contribution in [1.29, 1.82) is 0 Å². The van der Waals surface area contributed by atoms with Crippen molar-refractivity contribution in [3.63, 3.8) is 0 Å². The van der Waals surface area contributed by atoms with Crippen LogP contribution in [0, 0.1) is 0 Å². The van der Waals surface area contributed by atoms with E-state index in [1.807, 2.05) is 48.7 Å². The van der Waals surface area contributed by atoms with Gasteiger partial charge in [-0.1, -0.05) is 35.9 Å². The molecule has 0 aliphatic carbocycles. The zero-order valence-corrected chi connectivity index (χ0v) is 16.2. The maximum absolute atomic E-state index is 6.13. The molecule has 0 bridgehead atoms. The molecular weight excluding hydrogens is 372 g/mol. The summed E-state index contributed by atoms with van der Waals surface area (Å²) in [7, 11) is 0. The normalized spacial score (nSPS) is 14.4. The SMILES string of the molecule is Clc1ccccc1Oc1ccc(N=Cc2ccc(N3CCOCC3)cc2)cc1. The van der Waals surface area contributed by atoms with E-state index in [2.05, 4.69) is 34.2 Å². The molecule has 1 aliphatic heterocycles. The van der Waals surface area contributed by atoms with Gasteiger partial charge in [-0.15, -0.1) is 0 Å². The molecule has 0 spiro atoms. The van der Waals surface area contributed by atoms with Gasteiger partial charge in [-0.3, -0.25) is 4.99 Å². The molecule has 1 aliphatic rings. The highest BCUT2D eigenvalue weighted by Crippen LogP contribution is 2.29. The Bertz CT molecular complexity index is 934. The van der Waals surface area contributed by atoms with E-state index < -0.39 is 0 Å². The second-order valence-electron chi connectivity index (χ2n) is 6.48. The average Bonchev–Trinajstić information content (AvgIpc) is 2.76. The predicted octanol–water partition coefficient (Wildman–Crippen LogP) is 5.72. The molecule has 0 N–H and O–H groups in total. The van der Waals surface area contributed by atoms with Gasteiger partial charge in [-0.25, -0.2) is 0 Å². The summed E-state index contributed by atoms with van der Waals surface area (Å²) in [6.45, 7) is 3.46. The van der Waals surface area contributed by atoms with Crippen molar-refractivity contribution < 1.29 is 9.47 Å². The van der Waals surface area contributed by atoms with Gasteiger partial charge in [0.2, 0.25) is 0 Å². The van der Waals surface area contributed by atoms with Gasteiger partial charge in [0.15, 0.2) is 0 Å². The third-order valence-electron chi connectivity index (χ3n) is 4.53. The first-order valence-electron chi connectivity index (χ1n) is 9.27. The van der Waals surface area contributed by atoms with E-state index in [1.54, 1.807) is 6.07 Å². The molecule has 0 unspecified atom stereocenters. The second-order valence-corrected chi connectivity index (χ2v) is 6.88. The van der Waals surface area contributed by atoms with E-state index in [0.29, 0.717) is 10.8 Å². The summed E-state index contributed by atoms with van der Waals surface area (Å²) < 4.78 is 11.2. The third-order valence-corrected chi connectivity index (χ3v) is 4.85. The van der Waals surface area contributed by atoms with E-state index in [-0.39, 0.29) is 0 Å². The van der Waals surface area contributed by atoms with Crippen molar-refractivity contribution >= 4 is 29.2 Å². The predicted molar refractivity (Wildman–Crippen MR) is 115 cm³/mol. The van der Waals surface area contributed by atoms with Crippen molar-refractivity contribution in [1.82, 2.24) is 0 Å². The number of nitrogens with zero attached hydrogens (tertiary/aromatic N) is 2. The third kappa shape index (κ3) is 4.71. The molecule has 4 rings (SSSR count). The molecule has 4 nitrogen and oxygen atoms in total. The Morgan fingerprint density at radius 2 is 1.61 bits per heavy atom. The highest BCUT2D eigenvalue weighted by Gasteiger charge is 2.10. The second kappa shape index (κ2) is 8.91. The smallest absolute Gasteiger partial charge is 0.146 e. The van der Waals surface area contributed by atoms with Gasteiger partial charge in [0.25, 0.3) is 0 Å². The van der Waals surface area contributed by atoms with Crippen molar-refractivity contribution in [2.45, 2.75) is 0 Å². The highest BCUT2D eigenvalue weighted by molar-refractivity contribution is 6.32. The summed E-state index contributed by atoms with van der Waals surface area (Å²) in [5.41, 5.74) is 3.15. The van der Waals surface area contributed by atoms with Crippen LogP contribution in [-0.2, 0) is 4.74 Å². The van der Waals surface area contributed by atoms with Crippen LogP contribution >= 0.6 is 11.6 Å². The Labute approximate surface area is 170 Å². The number of para-hydroxylation sites is 1. The van der Waals surface area contributed by atoms with Gasteiger partial charge >= 0.3 is 0 Å². The molecule has 142 valence electrons. The molecule has 1 heterocycles. The summed E-state index contributed by atoms with van der Waals surface area (Å²) in [6, 6.07) is 23.5. The fourth-order valence-corrected chi connectivity index (χ4v) is 3.17. The first-order chi connectivity index (χ1) is 13.8. The van der Waals surface area contributed by atoms with E-state index in [0.717, 1.165) is 43.3 Å². The molecule has 5 heteroatoms. The van der Waals surface area contributed by atoms with Crippen LogP contribution in [-0.4, -0.2) is 32.5 Å². The van der Waals surface area contributed by atoms with Gasteiger partial charge in [0.1, 0.15) is 11.5 Å². The Morgan fingerprint density at radius 3 is 2.32 bits per heavy atom. The lowest BCUT2D eigenvalue weighted by Gasteiger charge is -2.28. The molecular formula is C23H21ClN2O2. The number of anilines is 1. The number of hydrogen-bond acceptors (Lipinski definition) is 4. The number of halogens is 1. The zero-order chi connectivity index (χ0) is 19.2. The summed E-state index contributed by atoms with van der Waals surface area (Å²) >= 11 is 6.13. The molecule has 0 saturated carbocycles. The van der Waals surface area contributed by atoms with Crippen LogP contribution < -0.4 is 9.64 Å². The number of hydrogen-bond donors (Lipinski definition) is 0. The standard InChI is InChI=1S/C23H21ClN2O2/c24-22-3-1-2-4-23(22)28-21-11-7-19(8-12-21)25-17-18-5-9-20(10-6-18)26-13-15-27-16-14-26/h1-12,17H,13-16H2. The quantitative estimate of drug-likeness (QED) is 0.521. The summed E-state index contributed by atoms with van der Waals surface area (Å²) in [4.78, 5) is 6.88. The van der Waals surface area contributed by atoms with Gasteiger partial charge < -0.3 is 14.4 Å². The lowest BCUT2D eigenvalue weighted by Crippen LogP contribution is -2.36. The van der Waals surface area contributed by atoms with Crippen LogP contribution in [0.15, 0.2) is 77.8 Å². The van der Waals surface area contributed by atoms with Gasteiger partial charge in [-0.05, 0) is 54.1 Å². The zero-order valence-electron chi connectivity index (χ0n) is 15.4. The van der Waals surface area contributed by atoms with Crippen molar-refractivity contribution in [2.24, 2.45) is 4.99 Å². The fourth-order valence-electron chi connectivity index (χ4n) is 3.00. The minimum absolute atomic E-state index is 0.588.